The number of hydrogen-bond donors (Lipinski definition) is 2. The number of aromatic hydroxyl groups is 1. The summed E-state index contributed by atoms with van der Waals surface area (Å²) in [5.74, 6) is 1.23. The summed E-state index contributed by atoms with van der Waals surface area (Å²) in [4.78, 5) is 2.64. The molecule has 1 saturated carbocycles. The Hall–Kier alpha value is 0.980. The molecule has 0 unspecified atom stereocenters. The first kappa shape index (κ1) is 21.0. The molecule has 0 amide bonds. The maximum Gasteiger partial charge on any atom is 0.142 e. The fourth-order valence-electron chi connectivity index (χ4n) is 3.25. The van der Waals surface area contributed by atoms with E-state index in [4.69, 9.17) is 0 Å². The maximum atomic E-state index is 9.99. The average Bonchev–Trinajstić information content (AvgIpc) is 2.40. The number of phenolic OH excluding ortho intramolecular Hbond substituents is 1. The van der Waals surface area contributed by atoms with Crippen molar-refractivity contribution in [3.63, 3.8) is 0 Å². The van der Waals surface area contributed by atoms with Gasteiger partial charge in [0.25, 0.3) is 0 Å². The second kappa shape index (κ2) is 9.46. The third-order valence-corrected chi connectivity index (χ3v) is 6.17. The van der Waals surface area contributed by atoms with Crippen LogP contribution < -0.4 is 5.32 Å². The highest BCUT2D eigenvalue weighted by molar-refractivity contribution is 14.1. The van der Waals surface area contributed by atoms with Crippen LogP contribution in [0.3, 0.4) is 0 Å². The molecule has 1 aromatic carbocycles. The molecule has 3 nitrogen and oxygen atoms in total. The van der Waals surface area contributed by atoms with Crippen molar-refractivity contribution in [2.75, 3.05) is 26.2 Å². The lowest BCUT2D eigenvalue weighted by molar-refractivity contribution is 0.0836. The quantitative estimate of drug-likeness (QED) is 0.535. The molecule has 1 heterocycles. The molecule has 2 N–H and O–H groups in total. The number of nitrogens with one attached hydrogen (secondary N) is 1. The normalized spacial score (nSPS) is 20.5. The van der Waals surface area contributed by atoms with E-state index in [1.165, 1.54) is 24.8 Å². The second-order valence-corrected chi connectivity index (χ2v) is 8.08. The van der Waals surface area contributed by atoms with Gasteiger partial charge < -0.3 is 10.4 Å². The van der Waals surface area contributed by atoms with E-state index in [9.17, 15) is 5.11 Å². The van der Waals surface area contributed by atoms with Crippen LogP contribution in [0, 0.1) is 13.1 Å². The predicted octanol–water partition coefficient (Wildman–Crippen LogP) is 4.19. The van der Waals surface area contributed by atoms with Gasteiger partial charge in [-0.1, -0.05) is 6.42 Å². The van der Waals surface area contributed by atoms with Gasteiger partial charge in [-0.15, -0.1) is 24.8 Å². The van der Waals surface area contributed by atoms with Crippen molar-refractivity contribution in [2.24, 2.45) is 5.92 Å². The van der Waals surface area contributed by atoms with E-state index in [-0.39, 0.29) is 24.8 Å². The fourth-order valence-corrected chi connectivity index (χ4v) is 5.07. The van der Waals surface area contributed by atoms with Crippen molar-refractivity contribution < 1.29 is 5.11 Å². The first-order valence-electron chi connectivity index (χ1n) is 7.29. The van der Waals surface area contributed by atoms with E-state index in [1.54, 1.807) is 0 Å². The number of benzene rings is 1. The number of nitrogens with zero attached hydrogens (tertiary/aromatic N) is 1. The monoisotopic (exact) mass is 570 g/mol. The van der Waals surface area contributed by atoms with E-state index < -0.39 is 0 Å². The zero-order valence-electron chi connectivity index (χ0n) is 12.2. The van der Waals surface area contributed by atoms with Crippen LogP contribution in [0.25, 0.3) is 0 Å². The van der Waals surface area contributed by atoms with Crippen LogP contribution >= 0.6 is 70.0 Å². The molecule has 1 aromatic rings. The van der Waals surface area contributed by atoms with E-state index in [1.807, 2.05) is 0 Å². The molecule has 1 saturated heterocycles. The van der Waals surface area contributed by atoms with Crippen LogP contribution in [0.2, 0.25) is 0 Å². The van der Waals surface area contributed by atoms with E-state index in [0.717, 1.165) is 39.2 Å². The molecule has 7 heteroatoms. The minimum Gasteiger partial charge on any atom is -0.506 e. The van der Waals surface area contributed by atoms with Crippen molar-refractivity contribution in [3.8, 4) is 5.75 Å². The molecular weight excluding hydrogens is 549 g/mol. The number of hydrogen-bond acceptors (Lipinski definition) is 3. The Morgan fingerprint density at radius 2 is 1.64 bits per heavy atom. The number of halogens is 4. The minimum absolute atomic E-state index is 0. The van der Waals surface area contributed by atoms with Crippen molar-refractivity contribution in [3.05, 3.63) is 24.8 Å². The first-order chi connectivity index (χ1) is 9.66. The fraction of sp³-hybridized carbons (Fsp3) is 0.600. The minimum atomic E-state index is 0. The smallest absolute Gasteiger partial charge is 0.142 e. The summed E-state index contributed by atoms with van der Waals surface area (Å²) < 4.78 is 1.95. The highest BCUT2D eigenvalue weighted by Crippen LogP contribution is 2.43. The largest absolute Gasteiger partial charge is 0.506 e. The van der Waals surface area contributed by atoms with Crippen LogP contribution in [-0.4, -0.2) is 36.2 Å². The van der Waals surface area contributed by atoms with E-state index in [0.29, 0.717) is 11.8 Å². The summed E-state index contributed by atoms with van der Waals surface area (Å²) >= 11 is 4.50. The molecule has 126 valence electrons. The molecule has 0 radical (unpaired) electrons. The van der Waals surface area contributed by atoms with Crippen LogP contribution in [0.1, 0.15) is 30.9 Å². The Morgan fingerprint density at radius 3 is 2.09 bits per heavy atom. The topological polar surface area (TPSA) is 35.5 Å². The predicted molar refractivity (Wildman–Crippen MR) is 113 cm³/mol. The molecule has 2 aliphatic rings. The van der Waals surface area contributed by atoms with Gasteiger partial charge in [0.05, 0.1) is 7.14 Å². The molecule has 2 fully saturated rings. The van der Waals surface area contributed by atoms with Gasteiger partial charge in [0, 0.05) is 32.2 Å². The van der Waals surface area contributed by atoms with Crippen LogP contribution in [0.4, 0.5) is 0 Å². The van der Waals surface area contributed by atoms with Gasteiger partial charge in [0.15, 0.2) is 0 Å². The number of rotatable bonds is 3. The van der Waals surface area contributed by atoms with Gasteiger partial charge in [0.1, 0.15) is 5.75 Å². The molecule has 1 aliphatic carbocycles. The summed E-state index contributed by atoms with van der Waals surface area (Å²) in [6.45, 7) is 4.45. The van der Waals surface area contributed by atoms with Gasteiger partial charge >= 0.3 is 0 Å². The molecule has 1 aliphatic heterocycles. The summed E-state index contributed by atoms with van der Waals surface area (Å²) in [6.07, 6.45) is 4.07. The molecule has 3 rings (SSSR count). The summed E-state index contributed by atoms with van der Waals surface area (Å²) in [7, 11) is 0. The molecule has 0 spiro atoms. The Bertz CT molecular complexity index is 471. The first-order valence-corrected chi connectivity index (χ1v) is 9.45. The SMILES string of the molecule is Cl.Cl.Oc1c(I)cc([C@H](C2CCC2)N2CCNCC2)cc1I. The lowest BCUT2D eigenvalue weighted by Gasteiger charge is -2.43. The third kappa shape index (κ3) is 4.53. The van der Waals surface area contributed by atoms with E-state index in [2.05, 4.69) is 67.5 Å². The van der Waals surface area contributed by atoms with Gasteiger partial charge in [-0.25, -0.2) is 0 Å². The Balaban J connectivity index is 0.00000121. The molecule has 0 aromatic heterocycles. The van der Waals surface area contributed by atoms with Crippen molar-refractivity contribution in [1.29, 1.82) is 0 Å². The third-order valence-electron chi connectivity index (χ3n) is 4.52. The van der Waals surface area contributed by atoms with Gasteiger partial charge in [0.2, 0.25) is 0 Å². The molecule has 0 bridgehead atoms. The standard InChI is InChI=1S/C15H20I2N2O.2ClH/c16-12-8-11(9-13(17)15(12)20)14(10-2-1-3-10)19-6-4-18-5-7-19;;/h8-10,14,18,20H,1-7H2;2*1H/t14-;;/m0../s1. The molecule has 1 atom stereocenters. The van der Waals surface area contributed by atoms with Crippen LogP contribution in [-0.2, 0) is 0 Å². The average molecular weight is 571 g/mol. The number of piperazine rings is 1. The Kier molecular flexibility index (Phi) is 9.04. The zero-order valence-corrected chi connectivity index (χ0v) is 18.2. The molecule has 22 heavy (non-hydrogen) atoms. The summed E-state index contributed by atoms with van der Waals surface area (Å²) in [6, 6.07) is 4.90. The maximum absolute atomic E-state index is 9.99. The Morgan fingerprint density at radius 1 is 1.09 bits per heavy atom. The van der Waals surface area contributed by atoms with Crippen LogP contribution in [0.5, 0.6) is 5.75 Å². The highest BCUT2D eigenvalue weighted by Gasteiger charge is 2.34. The van der Waals surface area contributed by atoms with Gasteiger partial charge in [-0.05, 0) is 81.6 Å². The highest BCUT2D eigenvalue weighted by atomic mass is 127. The zero-order chi connectivity index (χ0) is 14.1. The summed E-state index contributed by atoms with van der Waals surface area (Å²) in [5.41, 5.74) is 1.39. The second-order valence-electron chi connectivity index (χ2n) is 5.75. The molecular formula is C15H22Cl2I2N2O. The summed E-state index contributed by atoms with van der Waals surface area (Å²) in [5, 5.41) is 13.4. The van der Waals surface area contributed by atoms with Crippen molar-refractivity contribution >= 4 is 70.0 Å². The van der Waals surface area contributed by atoms with Gasteiger partial charge in [-0.2, -0.15) is 0 Å². The number of phenols is 1. The lowest BCUT2D eigenvalue weighted by atomic mass is 9.76. The Labute approximate surface area is 172 Å². The lowest BCUT2D eigenvalue weighted by Crippen LogP contribution is -2.47. The van der Waals surface area contributed by atoms with Crippen molar-refractivity contribution in [2.45, 2.75) is 25.3 Å². The van der Waals surface area contributed by atoms with Crippen LogP contribution in [0.15, 0.2) is 12.1 Å². The van der Waals surface area contributed by atoms with Gasteiger partial charge in [-0.3, -0.25) is 4.90 Å². The van der Waals surface area contributed by atoms with Crippen molar-refractivity contribution in [1.82, 2.24) is 10.2 Å². The van der Waals surface area contributed by atoms with E-state index >= 15 is 0 Å².